The monoisotopic (exact) mass is 209 g/mol. The highest BCUT2D eigenvalue weighted by Gasteiger charge is 2.43. The predicted molar refractivity (Wildman–Crippen MR) is 57.7 cm³/mol. The zero-order valence-corrected chi connectivity index (χ0v) is 9.14. The van der Waals surface area contributed by atoms with Crippen molar-refractivity contribution in [2.75, 3.05) is 13.7 Å². The smallest absolute Gasteiger partial charge is 0.167 e. The van der Waals surface area contributed by atoms with Crippen molar-refractivity contribution in [3.05, 3.63) is 29.1 Å². The van der Waals surface area contributed by atoms with Crippen LogP contribution in [0.3, 0.4) is 0 Å². The number of methoxy groups -OCH3 is 1. The van der Waals surface area contributed by atoms with Crippen molar-refractivity contribution in [1.82, 2.24) is 0 Å². The summed E-state index contributed by atoms with van der Waals surface area (Å²) in [5.74, 6) is 0.0544. The summed E-state index contributed by atoms with van der Waals surface area (Å²) < 4.78 is 18.6. The Hall–Kier alpha value is -1.09. The lowest BCUT2D eigenvalue weighted by molar-refractivity contribution is 0.383. The summed E-state index contributed by atoms with van der Waals surface area (Å²) in [6.07, 6.45) is 2.19. The third-order valence-corrected chi connectivity index (χ3v) is 3.30. The van der Waals surface area contributed by atoms with Crippen LogP contribution in [-0.2, 0) is 5.41 Å². The molecule has 0 heterocycles. The van der Waals surface area contributed by atoms with E-state index < -0.39 is 0 Å². The van der Waals surface area contributed by atoms with Crippen LogP contribution in [0.2, 0.25) is 0 Å². The van der Waals surface area contributed by atoms with Crippen LogP contribution in [0.4, 0.5) is 4.39 Å². The third kappa shape index (κ3) is 1.61. The molecule has 3 heteroatoms. The molecule has 0 amide bonds. The normalized spacial score (nSPS) is 17.6. The molecular weight excluding hydrogens is 193 g/mol. The van der Waals surface area contributed by atoms with E-state index in [0.717, 1.165) is 18.4 Å². The van der Waals surface area contributed by atoms with E-state index in [0.29, 0.717) is 17.9 Å². The van der Waals surface area contributed by atoms with Crippen molar-refractivity contribution in [2.24, 2.45) is 5.73 Å². The minimum atomic E-state index is -0.269. The summed E-state index contributed by atoms with van der Waals surface area (Å²) >= 11 is 0. The first-order valence-corrected chi connectivity index (χ1v) is 5.17. The second-order valence-corrected chi connectivity index (χ2v) is 4.29. The van der Waals surface area contributed by atoms with E-state index in [9.17, 15) is 4.39 Å². The van der Waals surface area contributed by atoms with Crippen LogP contribution in [0.5, 0.6) is 5.75 Å². The van der Waals surface area contributed by atoms with Crippen molar-refractivity contribution in [1.29, 1.82) is 0 Å². The molecule has 1 aliphatic carbocycles. The quantitative estimate of drug-likeness (QED) is 0.827. The van der Waals surface area contributed by atoms with Gasteiger partial charge in [-0.25, -0.2) is 4.39 Å². The van der Waals surface area contributed by atoms with Gasteiger partial charge in [0.2, 0.25) is 0 Å². The van der Waals surface area contributed by atoms with Gasteiger partial charge in [0.25, 0.3) is 0 Å². The van der Waals surface area contributed by atoms with Gasteiger partial charge in [0.15, 0.2) is 11.6 Å². The summed E-state index contributed by atoms with van der Waals surface area (Å²) in [4.78, 5) is 0. The van der Waals surface area contributed by atoms with Crippen molar-refractivity contribution < 1.29 is 9.13 Å². The molecule has 0 atom stereocenters. The zero-order valence-electron chi connectivity index (χ0n) is 9.14. The molecule has 0 radical (unpaired) electrons. The van der Waals surface area contributed by atoms with Crippen LogP contribution in [0.1, 0.15) is 24.0 Å². The van der Waals surface area contributed by atoms with Crippen LogP contribution >= 0.6 is 0 Å². The Bertz CT molecular complexity index is 385. The number of hydrogen-bond donors (Lipinski definition) is 1. The molecule has 1 aliphatic rings. The molecule has 2 rings (SSSR count). The maximum Gasteiger partial charge on any atom is 0.167 e. The Morgan fingerprint density at radius 3 is 2.60 bits per heavy atom. The van der Waals surface area contributed by atoms with E-state index in [1.807, 2.05) is 6.07 Å². The standard InChI is InChI=1S/C12H16FNO/c1-8-5-9(12(7-14)3-4-12)6-10(15-2)11(8)13/h5-6H,3-4,7,14H2,1-2H3. The SMILES string of the molecule is COc1cc(C2(CN)CC2)cc(C)c1F. The maximum absolute atomic E-state index is 13.5. The highest BCUT2D eigenvalue weighted by molar-refractivity contribution is 5.42. The van der Waals surface area contributed by atoms with Gasteiger partial charge in [-0.3, -0.25) is 0 Å². The lowest BCUT2D eigenvalue weighted by Crippen LogP contribution is -2.20. The zero-order chi connectivity index (χ0) is 11.1. The first-order valence-electron chi connectivity index (χ1n) is 5.17. The lowest BCUT2D eigenvalue weighted by Gasteiger charge is -2.15. The Labute approximate surface area is 89.2 Å². The molecule has 1 aromatic carbocycles. The van der Waals surface area contributed by atoms with Crippen molar-refractivity contribution >= 4 is 0 Å². The third-order valence-electron chi connectivity index (χ3n) is 3.30. The predicted octanol–water partition coefficient (Wildman–Crippen LogP) is 2.13. The number of halogens is 1. The number of nitrogens with two attached hydrogens (primary N) is 1. The molecule has 1 saturated carbocycles. The van der Waals surface area contributed by atoms with Crippen molar-refractivity contribution in [3.63, 3.8) is 0 Å². The number of rotatable bonds is 3. The van der Waals surface area contributed by atoms with E-state index in [-0.39, 0.29) is 11.2 Å². The summed E-state index contributed by atoms with van der Waals surface area (Å²) in [5.41, 5.74) is 7.58. The molecule has 1 fully saturated rings. The second kappa shape index (κ2) is 3.49. The molecule has 82 valence electrons. The molecule has 1 aromatic rings. The number of hydrogen-bond acceptors (Lipinski definition) is 2. The molecule has 0 bridgehead atoms. The molecule has 0 aliphatic heterocycles. The Morgan fingerprint density at radius 1 is 1.47 bits per heavy atom. The van der Waals surface area contributed by atoms with Crippen molar-refractivity contribution in [3.8, 4) is 5.75 Å². The highest BCUT2D eigenvalue weighted by atomic mass is 19.1. The molecular formula is C12H16FNO. The van der Waals surface area contributed by atoms with Gasteiger partial charge in [-0.2, -0.15) is 0 Å². The number of ether oxygens (including phenoxy) is 1. The Kier molecular flexibility index (Phi) is 2.43. The van der Waals surface area contributed by atoms with Gasteiger partial charge >= 0.3 is 0 Å². The first kappa shape index (κ1) is 10.4. The van der Waals surface area contributed by atoms with E-state index in [1.54, 1.807) is 13.0 Å². The largest absolute Gasteiger partial charge is 0.494 e. The van der Waals surface area contributed by atoms with Crippen LogP contribution in [-0.4, -0.2) is 13.7 Å². The topological polar surface area (TPSA) is 35.2 Å². The summed E-state index contributed by atoms with van der Waals surface area (Å²) in [6.45, 7) is 2.38. The average molecular weight is 209 g/mol. The molecule has 0 unspecified atom stereocenters. The van der Waals surface area contributed by atoms with Gasteiger partial charge in [0.1, 0.15) is 0 Å². The van der Waals surface area contributed by atoms with Crippen molar-refractivity contribution in [2.45, 2.75) is 25.2 Å². The summed E-state index contributed by atoms with van der Waals surface area (Å²) in [6, 6.07) is 3.67. The van der Waals surface area contributed by atoms with Gasteiger partial charge in [0, 0.05) is 12.0 Å². The maximum atomic E-state index is 13.5. The summed E-state index contributed by atoms with van der Waals surface area (Å²) in [5, 5.41) is 0. The average Bonchev–Trinajstić information content (AvgIpc) is 3.02. The van der Waals surface area contributed by atoms with Gasteiger partial charge < -0.3 is 10.5 Å². The van der Waals surface area contributed by atoms with Gasteiger partial charge in [0.05, 0.1) is 7.11 Å². The molecule has 2 N–H and O–H groups in total. The van der Waals surface area contributed by atoms with Crippen LogP contribution in [0.25, 0.3) is 0 Å². The fourth-order valence-corrected chi connectivity index (χ4v) is 1.95. The molecule has 15 heavy (non-hydrogen) atoms. The van der Waals surface area contributed by atoms with Gasteiger partial charge in [-0.1, -0.05) is 6.07 Å². The van der Waals surface area contributed by atoms with Crippen LogP contribution in [0.15, 0.2) is 12.1 Å². The van der Waals surface area contributed by atoms with Crippen LogP contribution < -0.4 is 10.5 Å². The Morgan fingerprint density at radius 2 is 2.13 bits per heavy atom. The van der Waals surface area contributed by atoms with E-state index in [2.05, 4.69) is 0 Å². The van der Waals surface area contributed by atoms with Crippen LogP contribution in [0, 0.1) is 12.7 Å². The fourth-order valence-electron chi connectivity index (χ4n) is 1.95. The Balaban J connectivity index is 2.46. The van der Waals surface area contributed by atoms with Gasteiger partial charge in [-0.05, 0) is 37.0 Å². The molecule has 0 spiro atoms. The van der Waals surface area contributed by atoms with E-state index in [4.69, 9.17) is 10.5 Å². The number of aryl methyl sites for hydroxylation is 1. The first-order chi connectivity index (χ1) is 7.13. The van der Waals surface area contributed by atoms with Gasteiger partial charge in [-0.15, -0.1) is 0 Å². The molecule has 2 nitrogen and oxygen atoms in total. The van der Waals surface area contributed by atoms with E-state index in [1.165, 1.54) is 7.11 Å². The molecule has 0 aromatic heterocycles. The highest BCUT2D eigenvalue weighted by Crippen LogP contribution is 2.48. The molecule has 0 saturated heterocycles. The lowest BCUT2D eigenvalue weighted by atomic mass is 9.94. The fraction of sp³-hybridized carbons (Fsp3) is 0.500. The summed E-state index contributed by atoms with van der Waals surface area (Å²) in [7, 11) is 1.49. The minimum Gasteiger partial charge on any atom is -0.494 e. The minimum absolute atomic E-state index is 0.0890. The number of benzene rings is 1. The van der Waals surface area contributed by atoms with E-state index >= 15 is 0 Å². The second-order valence-electron chi connectivity index (χ2n) is 4.29.